The number of rotatable bonds is 2. The van der Waals surface area contributed by atoms with Gasteiger partial charge < -0.3 is 11.5 Å². The van der Waals surface area contributed by atoms with Gasteiger partial charge in [-0.2, -0.15) is 10.1 Å². The number of aromatic amines is 1. The van der Waals surface area contributed by atoms with Crippen LogP contribution in [0.1, 0.15) is 25.3 Å². The van der Waals surface area contributed by atoms with Crippen LogP contribution in [-0.4, -0.2) is 20.2 Å². The van der Waals surface area contributed by atoms with Crippen molar-refractivity contribution in [1.82, 2.24) is 20.2 Å². The summed E-state index contributed by atoms with van der Waals surface area (Å²) in [5.74, 6) is 0.842. The standard InChI is InChI=1S/C14H16N6/c1-7(2)11-12(18-14(16)19-13(11)15)8-3-4-10-9(5-8)6-17-20-10/h3-7H,1-2H3,(H,17,20)(H4,15,16,18,19). The van der Waals surface area contributed by atoms with Crippen molar-refractivity contribution >= 4 is 22.7 Å². The summed E-state index contributed by atoms with van der Waals surface area (Å²) in [5, 5.41) is 7.97. The molecule has 3 rings (SSSR count). The molecule has 0 radical (unpaired) electrons. The van der Waals surface area contributed by atoms with E-state index < -0.39 is 0 Å². The van der Waals surface area contributed by atoms with E-state index in [0.29, 0.717) is 5.82 Å². The molecule has 0 amide bonds. The van der Waals surface area contributed by atoms with Crippen molar-refractivity contribution in [2.24, 2.45) is 0 Å². The average molecular weight is 268 g/mol. The highest BCUT2D eigenvalue weighted by molar-refractivity contribution is 5.84. The third-order valence-electron chi connectivity index (χ3n) is 3.28. The van der Waals surface area contributed by atoms with Crippen molar-refractivity contribution < 1.29 is 0 Å². The number of aromatic nitrogens is 4. The number of benzene rings is 1. The monoisotopic (exact) mass is 268 g/mol. The minimum absolute atomic E-state index is 0.189. The molecular formula is C14H16N6. The van der Waals surface area contributed by atoms with Gasteiger partial charge in [-0.1, -0.05) is 19.9 Å². The summed E-state index contributed by atoms with van der Waals surface area (Å²) in [6.45, 7) is 4.12. The molecule has 102 valence electrons. The predicted molar refractivity (Wildman–Crippen MR) is 80.0 cm³/mol. The molecule has 5 N–H and O–H groups in total. The maximum Gasteiger partial charge on any atom is 0.222 e. The molecule has 3 aromatic rings. The molecular weight excluding hydrogens is 252 g/mol. The summed E-state index contributed by atoms with van der Waals surface area (Å²) in [6.07, 6.45) is 1.78. The molecule has 0 aliphatic carbocycles. The maximum absolute atomic E-state index is 6.00. The highest BCUT2D eigenvalue weighted by Crippen LogP contribution is 2.32. The summed E-state index contributed by atoms with van der Waals surface area (Å²) in [7, 11) is 0. The normalized spacial score (nSPS) is 11.3. The van der Waals surface area contributed by atoms with Crippen molar-refractivity contribution in [3.8, 4) is 11.3 Å². The summed E-state index contributed by atoms with van der Waals surface area (Å²) in [5.41, 5.74) is 15.4. The lowest BCUT2D eigenvalue weighted by molar-refractivity contribution is 0.856. The first-order chi connectivity index (χ1) is 9.56. The second-order valence-corrected chi connectivity index (χ2v) is 5.06. The number of nitrogens with zero attached hydrogens (tertiary/aromatic N) is 3. The van der Waals surface area contributed by atoms with E-state index in [4.69, 9.17) is 11.5 Å². The minimum Gasteiger partial charge on any atom is -0.383 e. The first-order valence-corrected chi connectivity index (χ1v) is 6.42. The van der Waals surface area contributed by atoms with Crippen molar-refractivity contribution in [3.63, 3.8) is 0 Å². The Labute approximate surface area is 116 Å². The molecule has 6 heteroatoms. The lowest BCUT2D eigenvalue weighted by Gasteiger charge is -2.14. The van der Waals surface area contributed by atoms with Gasteiger partial charge in [-0.15, -0.1) is 0 Å². The zero-order valence-corrected chi connectivity index (χ0v) is 11.4. The molecule has 0 saturated heterocycles. The SMILES string of the molecule is CC(C)c1c(N)nc(N)nc1-c1ccc2[nH]ncc2c1. The van der Waals surface area contributed by atoms with Crippen LogP contribution in [0, 0.1) is 0 Å². The number of hydrogen-bond donors (Lipinski definition) is 3. The molecule has 6 nitrogen and oxygen atoms in total. The van der Waals surface area contributed by atoms with Crippen LogP contribution < -0.4 is 11.5 Å². The summed E-state index contributed by atoms with van der Waals surface area (Å²) < 4.78 is 0. The molecule has 0 atom stereocenters. The average Bonchev–Trinajstić information content (AvgIpc) is 2.84. The summed E-state index contributed by atoms with van der Waals surface area (Å²) in [6, 6.07) is 5.97. The fourth-order valence-electron chi connectivity index (χ4n) is 2.38. The number of nitrogen functional groups attached to an aromatic ring is 2. The number of fused-ring (bicyclic) bond motifs is 1. The number of nitrogens with two attached hydrogens (primary N) is 2. The highest BCUT2D eigenvalue weighted by atomic mass is 15.1. The van der Waals surface area contributed by atoms with E-state index >= 15 is 0 Å². The van der Waals surface area contributed by atoms with Crippen molar-refractivity contribution in [2.75, 3.05) is 11.5 Å². The van der Waals surface area contributed by atoms with Crippen LogP contribution >= 0.6 is 0 Å². The van der Waals surface area contributed by atoms with E-state index in [0.717, 1.165) is 27.7 Å². The van der Waals surface area contributed by atoms with Crippen LogP contribution in [0.5, 0.6) is 0 Å². The van der Waals surface area contributed by atoms with Crippen LogP contribution in [0.2, 0.25) is 0 Å². The number of nitrogens with one attached hydrogen (secondary N) is 1. The predicted octanol–water partition coefficient (Wildman–Crippen LogP) is 2.31. The van der Waals surface area contributed by atoms with Gasteiger partial charge in [0.15, 0.2) is 0 Å². The van der Waals surface area contributed by atoms with Crippen LogP contribution in [-0.2, 0) is 0 Å². The van der Waals surface area contributed by atoms with Crippen molar-refractivity contribution in [2.45, 2.75) is 19.8 Å². The fourth-order valence-corrected chi connectivity index (χ4v) is 2.38. The molecule has 0 aliphatic heterocycles. The van der Waals surface area contributed by atoms with Gasteiger partial charge in [-0.25, -0.2) is 4.98 Å². The Morgan fingerprint density at radius 2 is 1.95 bits per heavy atom. The number of hydrogen-bond acceptors (Lipinski definition) is 5. The van der Waals surface area contributed by atoms with Gasteiger partial charge in [0, 0.05) is 16.5 Å². The molecule has 0 fully saturated rings. The van der Waals surface area contributed by atoms with Gasteiger partial charge in [0.1, 0.15) is 5.82 Å². The topological polar surface area (TPSA) is 106 Å². The van der Waals surface area contributed by atoms with Gasteiger partial charge in [0.25, 0.3) is 0 Å². The molecule has 0 aliphatic rings. The van der Waals surface area contributed by atoms with Crippen molar-refractivity contribution in [1.29, 1.82) is 0 Å². The smallest absolute Gasteiger partial charge is 0.222 e. The summed E-state index contributed by atoms with van der Waals surface area (Å²) >= 11 is 0. The minimum atomic E-state index is 0.189. The molecule has 0 unspecified atom stereocenters. The third-order valence-corrected chi connectivity index (χ3v) is 3.28. The molecule has 0 spiro atoms. The second kappa shape index (κ2) is 4.48. The largest absolute Gasteiger partial charge is 0.383 e. The van der Waals surface area contributed by atoms with E-state index in [1.165, 1.54) is 0 Å². The Bertz CT molecular complexity index is 774. The lowest BCUT2D eigenvalue weighted by atomic mass is 9.97. The second-order valence-electron chi connectivity index (χ2n) is 5.06. The van der Waals surface area contributed by atoms with Gasteiger partial charge >= 0.3 is 0 Å². The Balaban J connectivity index is 2.26. The zero-order chi connectivity index (χ0) is 14.3. The number of anilines is 2. The molecule has 0 bridgehead atoms. The lowest BCUT2D eigenvalue weighted by Crippen LogP contribution is -2.08. The molecule has 0 saturated carbocycles. The van der Waals surface area contributed by atoms with Crippen LogP contribution in [0.15, 0.2) is 24.4 Å². The van der Waals surface area contributed by atoms with Crippen LogP contribution in [0.4, 0.5) is 11.8 Å². The Morgan fingerprint density at radius 1 is 1.15 bits per heavy atom. The Morgan fingerprint density at radius 3 is 2.70 bits per heavy atom. The quantitative estimate of drug-likeness (QED) is 0.661. The van der Waals surface area contributed by atoms with E-state index in [9.17, 15) is 0 Å². The fraction of sp³-hybridized carbons (Fsp3) is 0.214. The van der Waals surface area contributed by atoms with E-state index in [1.807, 2.05) is 18.2 Å². The molecule has 20 heavy (non-hydrogen) atoms. The van der Waals surface area contributed by atoms with E-state index in [-0.39, 0.29) is 11.9 Å². The van der Waals surface area contributed by atoms with Crippen molar-refractivity contribution in [3.05, 3.63) is 30.0 Å². The Hall–Kier alpha value is -2.63. The van der Waals surface area contributed by atoms with Crippen LogP contribution in [0.25, 0.3) is 22.2 Å². The van der Waals surface area contributed by atoms with E-state index in [2.05, 4.69) is 34.0 Å². The van der Waals surface area contributed by atoms with Gasteiger partial charge in [0.2, 0.25) is 5.95 Å². The molecule has 2 heterocycles. The third kappa shape index (κ3) is 1.95. The maximum atomic E-state index is 6.00. The van der Waals surface area contributed by atoms with Gasteiger partial charge in [-0.05, 0) is 18.1 Å². The van der Waals surface area contributed by atoms with Crippen LogP contribution in [0.3, 0.4) is 0 Å². The first-order valence-electron chi connectivity index (χ1n) is 6.42. The van der Waals surface area contributed by atoms with Gasteiger partial charge in [0.05, 0.1) is 17.4 Å². The number of H-pyrrole nitrogens is 1. The zero-order valence-electron chi connectivity index (χ0n) is 11.4. The first kappa shape index (κ1) is 12.4. The van der Waals surface area contributed by atoms with Gasteiger partial charge in [-0.3, -0.25) is 5.10 Å². The van der Waals surface area contributed by atoms with E-state index in [1.54, 1.807) is 6.20 Å². The molecule has 2 aromatic heterocycles. The Kier molecular flexibility index (Phi) is 2.78. The highest BCUT2D eigenvalue weighted by Gasteiger charge is 2.16. The summed E-state index contributed by atoms with van der Waals surface area (Å²) in [4.78, 5) is 8.43. The molecule has 1 aromatic carbocycles.